The molecular formula is C33H36ClN3O5. The summed E-state index contributed by atoms with van der Waals surface area (Å²) >= 11 is 6.14. The predicted molar refractivity (Wildman–Crippen MR) is 159 cm³/mol. The second-order valence-electron chi connectivity index (χ2n) is 12.6. The van der Waals surface area contributed by atoms with E-state index in [2.05, 4.69) is 19.2 Å². The van der Waals surface area contributed by atoms with Crippen LogP contribution in [0.3, 0.4) is 0 Å². The second kappa shape index (κ2) is 11.2. The van der Waals surface area contributed by atoms with Crippen LogP contribution in [0.4, 0.5) is 0 Å². The van der Waals surface area contributed by atoms with Crippen LogP contribution in [0.5, 0.6) is 5.75 Å². The fraction of sp³-hybridized carbons (Fsp3) is 0.455. The van der Waals surface area contributed by atoms with Crippen molar-refractivity contribution in [1.29, 1.82) is 0 Å². The molecule has 220 valence electrons. The van der Waals surface area contributed by atoms with E-state index in [-0.39, 0.29) is 35.7 Å². The Hall–Kier alpha value is -3.65. The van der Waals surface area contributed by atoms with E-state index in [1.165, 1.54) is 0 Å². The summed E-state index contributed by atoms with van der Waals surface area (Å²) in [6, 6.07) is 12.6. The number of likely N-dealkylation sites (tertiary alicyclic amines) is 1. The van der Waals surface area contributed by atoms with Crippen LogP contribution >= 0.6 is 11.6 Å². The van der Waals surface area contributed by atoms with Gasteiger partial charge in [-0.2, -0.15) is 0 Å². The summed E-state index contributed by atoms with van der Waals surface area (Å²) in [5.74, 6) is -0.114. The molecule has 4 aliphatic rings. The molecule has 3 aliphatic heterocycles. The molecule has 2 fully saturated rings. The molecule has 0 radical (unpaired) electrons. The van der Waals surface area contributed by atoms with E-state index in [0.29, 0.717) is 42.4 Å². The minimum atomic E-state index is -0.639. The lowest BCUT2D eigenvalue weighted by molar-refractivity contribution is -0.137. The number of piperidine rings is 2. The SMILES string of the molecule is CC1(C)CCC(C(=O)N2CCC(Oc3ccc4c(c3)CN(C3CCC(=O)NC3=O)C4=O)CC2)=C(c2ccc(Cl)cc2)C1. The number of rotatable bonds is 5. The smallest absolute Gasteiger partial charge is 0.255 e. The summed E-state index contributed by atoms with van der Waals surface area (Å²) in [6.45, 7) is 6.07. The number of carbonyl (C=O) groups is 4. The molecule has 4 amide bonds. The molecular weight excluding hydrogens is 554 g/mol. The van der Waals surface area contributed by atoms with Gasteiger partial charge < -0.3 is 14.5 Å². The third-order valence-corrected chi connectivity index (χ3v) is 9.30. The maximum atomic E-state index is 13.8. The Labute approximate surface area is 251 Å². The topological polar surface area (TPSA) is 96.0 Å². The first-order valence-corrected chi connectivity index (χ1v) is 15.2. The first-order valence-electron chi connectivity index (χ1n) is 14.8. The number of hydrogen-bond acceptors (Lipinski definition) is 5. The first-order chi connectivity index (χ1) is 20.1. The van der Waals surface area contributed by atoms with Crippen LogP contribution in [0.25, 0.3) is 5.57 Å². The van der Waals surface area contributed by atoms with Crippen molar-refractivity contribution in [3.8, 4) is 5.75 Å². The van der Waals surface area contributed by atoms with E-state index < -0.39 is 11.9 Å². The van der Waals surface area contributed by atoms with Gasteiger partial charge in [0.05, 0.1) is 0 Å². The lowest BCUT2D eigenvalue weighted by Crippen LogP contribution is -2.52. The average molecular weight is 590 g/mol. The van der Waals surface area contributed by atoms with Crippen LogP contribution in [0, 0.1) is 5.41 Å². The van der Waals surface area contributed by atoms with Crippen molar-refractivity contribution in [3.05, 3.63) is 69.8 Å². The third kappa shape index (κ3) is 5.69. The highest BCUT2D eigenvalue weighted by Crippen LogP contribution is 2.44. The van der Waals surface area contributed by atoms with Crippen LogP contribution in [0.2, 0.25) is 5.02 Å². The zero-order chi connectivity index (χ0) is 29.6. The minimum Gasteiger partial charge on any atom is -0.490 e. The number of fused-ring (bicyclic) bond motifs is 1. The van der Waals surface area contributed by atoms with Crippen molar-refractivity contribution in [3.63, 3.8) is 0 Å². The largest absolute Gasteiger partial charge is 0.490 e. The number of nitrogens with one attached hydrogen (secondary N) is 1. The molecule has 8 nitrogen and oxygen atoms in total. The Morgan fingerprint density at radius 3 is 2.45 bits per heavy atom. The fourth-order valence-electron chi connectivity index (χ4n) is 6.64. The van der Waals surface area contributed by atoms with Crippen molar-refractivity contribution in [2.75, 3.05) is 13.1 Å². The van der Waals surface area contributed by atoms with Gasteiger partial charge in [-0.15, -0.1) is 0 Å². The summed E-state index contributed by atoms with van der Waals surface area (Å²) in [4.78, 5) is 54.1. The number of amides is 4. The van der Waals surface area contributed by atoms with Crippen LogP contribution in [0.15, 0.2) is 48.0 Å². The van der Waals surface area contributed by atoms with Crippen molar-refractivity contribution in [2.24, 2.45) is 5.41 Å². The molecule has 1 N–H and O–H groups in total. The van der Waals surface area contributed by atoms with Crippen molar-refractivity contribution >= 4 is 40.8 Å². The summed E-state index contributed by atoms with van der Waals surface area (Å²) in [5.41, 5.74) is 4.63. The van der Waals surface area contributed by atoms with E-state index in [0.717, 1.165) is 54.4 Å². The quantitative estimate of drug-likeness (QED) is 0.488. The Morgan fingerprint density at radius 2 is 1.74 bits per heavy atom. The van der Waals surface area contributed by atoms with Gasteiger partial charge in [-0.1, -0.05) is 37.6 Å². The Morgan fingerprint density at radius 1 is 1.00 bits per heavy atom. The number of ether oxygens (including phenoxy) is 1. The first kappa shape index (κ1) is 28.5. The van der Waals surface area contributed by atoms with Gasteiger partial charge in [-0.3, -0.25) is 24.5 Å². The lowest BCUT2D eigenvalue weighted by atomic mass is 9.72. The van der Waals surface area contributed by atoms with E-state index in [4.69, 9.17) is 16.3 Å². The summed E-state index contributed by atoms with van der Waals surface area (Å²) in [7, 11) is 0. The zero-order valence-corrected chi connectivity index (χ0v) is 24.8. The molecule has 0 aromatic heterocycles. The Balaban J connectivity index is 1.09. The number of halogens is 1. The molecule has 1 aliphatic carbocycles. The molecule has 2 aromatic carbocycles. The summed E-state index contributed by atoms with van der Waals surface area (Å²) in [6.07, 6.45) is 4.57. The number of allylic oxidation sites excluding steroid dienone is 1. The highest BCUT2D eigenvalue weighted by atomic mass is 35.5. The molecule has 0 spiro atoms. The summed E-state index contributed by atoms with van der Waals surface area (Å²) < 4.78 is 6.32. The van der Waals surface area contributed by atoms with Crippen molar-refractivity contribution in [1.82, 2.24) is 15.1 Å². The highest BCUT2D eigenvalue weighted by molar-refractivity contribution is 6.30. The highest BCUT2D eigenvalue weighted by Gasteiger charge is 2.39. The van der Waals surface area contributed by atoms with Crippen LogP contribution in [-0.2, 0) is 20.9 Å². The van der Waals surface area contributed by atoms with Gasteiger partial charge in [0.2, 0.25) is 17.7 Å². The molecule has 0 bridgehead atoms. The molecule has 2 saturated heterocycles. The van der Waals surface area contributed by atoms with Crippen LogP contribution in [0.1, 0.15) is 80.3 Å². The van der Waals surface area contributed by atoms with Crippen LogP contribution in [-0.4, -0.2) is 58.7 Å². The van der Waals surface area contributed by atoms with Gasteiger partial charge in [-0.05, 0) is 78.1 Å². The molecule has 0 saturated carbocycles. The van der Waals surface area contributed by atoms with E-state index in [9.17, 15) is 19.2 Å². The van der Waals surface area contributed by atoms with Gasteiger partial charge in [0.25, 0.3) is 5.91 Å². The zero-order valence-electron chi connectivity index (χ0n) is 24.1. The van der Waals surface area contributed by atoms with E-state index in [1.807, 2.05) is 35.2 Å². The van der Waals surface area contributed by atoms with Gasteiger partial charge in [0.15, 0.2) is 0 Å². The summed E-state index contributed by atoms with van der Waals surface area (Å²) in [5, 5.41) is 3.02. The molecule has 1 atom stereocenters. The number of nitrogens with zero attached hydrogens (tertiary/aromatic N) is 2. The molecule has 42 heavy (non-hydrogen) atoms. The number of carbonyl (C=O) groups excluding carboxylic acids is 4. The molecule has 3 heterocycles. The predicted octanol–water partition coefficient (Wildman–Crippen LogP) is 5.13. The maximum Gasteiger partial charge on any atom is 0.255 e. The number of benzene rings is 2. The van der Waals surface area contributed by atoms with Crippen molar-refractivity contribution in [2.45, 2.75) is 77.5 Å². The van der Waals surface area contributed by atoms with E-state index in [1.54, 1.807) is 17.0 Å². The molecule has 6 rings (SSSR count). The molecule has 2 aromatic rings. The van der Waals surface area contributed by atoms with Gasteiger partial charge in [-0.25, -0.2) is 0 Å². The van der Waals surface area contributed by atoms with Gasteiger partial charge in [0.1, 0.15) is 17.9 Å². The average Bonchev–Trinajstić information content (AvgIpc) is 3.28. The third-order valence-electron chi connectivity index (χ3n) is 9.05. The molecule has 9 heteroatoms. The lowest BCUT2D eigenvalue weighted by Gasteiger charge is -2.37. The van der Waals surface area contributed by atoms with E-state index >= 15 is 0 Å². The van der Waals surface area contributed by atoms with Gasteiger partial charge in [0, 0.05) is 55.1 Å². The second-order valence-corrected chi connectivity index (χ2v) is 13.1. The Bertz CT molecular complexity index is 1470. The van der Waals surface area contributed by atoms with Gasteiger partial charge >= 0.3 is 0 Å². The number of imide groups is 1. The Kier molecular flexibility index (Phi) is 7.60. The number of hydrogen-bond donors (Lipinski definition) is 1. The fourth-order valence-corrected chi connectivity index (χ4v) is 6.76. The standard InChI is InChI=1S/C33H36ClN3O5/c1-33(2)14-11-26(27(18-33)20-3-5-22(34)6-4-20)31(40)36-15-12-23(13-16-36)42-24-7-8-25-21(17-24)19-37(32(25)41)28-9-10-29(38)35-30(28)39/h3-8,17,23,28H,9-16,18-19H2,1-2H3,(H,35,38,39). The monoisotopic (exact) mass is 589 g/mol. The van der Waals surface area contributed by atoms with Crippen molar-refractivity contribution < 1.29 is 23.9 Å². The minimum absolute atomic E-state index is 0.0366. The maximum absolute atomic E-state index is 13.8. The van der Waals surface area contributed by atoms with Crippen LogP contribution < -0.4 is 10.1 Å². The molecule has 1 unspecified atom stereocenters. The normalized spacial score (nSPS) is 22.7.